The summed E-state index contributed by atoms with van der Waals surface area (Å²) in [7, 11) is 0. The van der Waals surface area contributed by atoms with Gasteiger partial charge in [-0.25, -0.2) is 0 Å². The van der Waals surface area contributed by atoms with Gasteiger partial charge in [-0.2, -0.15) is 0 Å². The summed E-state index contributed by atoms with van der Waals surface area (Å²) in [5.41, 5.74) is 7.55. The molecule has 20 heavy (non-hydrogen) atoms. The maximum atomic E-state index is 12.3. The Balaban J connectivity index is 2.26. The summed E-state index contributed by atoms with van der Waals surface area (Å²) in [6, 6.07) is 12.3. The molecule has 0 heterocycles. The Morgan fingerprint density at radius 3 is 2.65 bits per heavy atom. The van der Waals surface area contributed by atoms with E-state index in [9.17, 15) is 4.79 Å². The first-order valence-corrected chi connectivity index (χ1v) is 6.92. The van der Waals surface area contributed by atoms with Crippen LogP contribution in [-0.4, -0.2) is 12.5 Å². The first-order chi connectivity index (χ1) is 9.61. The molecule has 0 aliphatic carbocycles. The van der Waals surface area contributed by atoms with Crippen molar-refractivity contribution < 1.29 is 4.79 Å². The number of nitrogens with two attached hydrogens (primary N) is 1. The van der Waals surface area contributed by atoms with Crippen molar-refractivity contribution in [1.82, 2.24) is 0 Å². The normalized spacial score (nSPS) is 10.3. The van der Waals surface area contributed by atoms with Crippen molar-refractivity contribution in [1.29, 1.82) is 0 Å². The lowest BCUT2D eigenvalue weighted by Gasteiger charge is -2.11. The second-order valence-corrected chi connectivity index (χ2v) is 5.12. The van der Waals surface area contributed by atoms with E-state index in [2.05, 4.69) is 5.32 Å². The third-order valence-corrected chi connectivity index (χ3v) is 3.42. The first-order valence-electron chi connectivity index (χ1n) is 6.16. The van der Waals surface area contributed by atoms with Crippen LogP contribution < -0.4 is 11.1 Å². The van der Waals surface area contributed by atoms with Crippen LogP contribution in [0.25, 0.3) is 0 Å². The monoisotopic (exact) mass is 308 g/mol. The fraction of sp³-hybridized carbons (Fsp3) is 0.133. The second-order valence-electron chi connectivity index (χ2n) is 4.27. The van der Waals surface area contributed by atoms with Gasteiger partial charge in [0.25, 0.3) is 5.91 Å². The summed E-state index contributed by atoms with van der Waals surface area (Å²) in [6.07, 6.45) is 0.646. The van der Waals surface area contributed by atoms with Crippen LogP contribution in [0.1, 0.15) is 15.9 Å². The van der Waals surface area contributed by atoms with Crippen molar-refractivity contribution in [3.05, 3.63) is 63.6 Å². The molecule has 0 saturated carbocycles. The van der Waals surface area contributed by atoms with E-state index >= 15 is 0 Å². The molecule has 0 spiro atoms. The Morgan fingerprint density at radius 1 is 1.15 bits per heavy atom. The minimum absolute atomic E-state index is 0.224. The highest BCUT2D eigenvalue weighted by atomic mass is 35.5. The van der Waals surface area contributed by atoms with Crippen LogP contribution in [0.5, 0.6) is 0 Å². The van der Waals surface area contributed by atoms with Crippen molar-refractivity contribution >= 4 is 34.8 Å². The molecule has 0 unspecified atom stereocenters. The van der Waals surface area contributed by atoms with Gasteiger partial charge >= 0.3 is 0 Å². The van der Waals surface area contributed by atoms with Gasteiger partial charge in [0.2, 0.25) is 0 Å². The molecular formula is C15H14Cl2N2O. The molecule has 104 valence electrons. The molecule has 2 rings (SSSR count). The number of carbonyl (C=O) groups excluding carboxylic acids is 1. The van der Waals surface area contributed by atoms with Crippen molar-refractivity contribution in [2.24, 2.45) is 5.73 Å². The highest BCUT2D eigenvalue weighted by molar-refractivity contribution is 6.35. The maximum Gasteiger partial charge on any atom is 0.255 e. The third kappa shape index (κ3) is 3.51. The van der Waals surface area contributed by atoms with E-state index in [0.717, 1.165) is 5.56 Å². The lowest BCUT2D eigenvalue weighted by atomic mass is 10.0. The number of rotatable bonds is 4. The first kappa shape index (κ1) is 14.9. The lowest BCUT2D eigenvalue weighted by molar-refractivity contribution is 0.102. The van der Waals surface area contributed by atoms with Gasteiger partial charge in [-0.3, -0.25) is 4.79 Å². The zero-order valence-corrected chi connectivity index (χ0v) is 12.2. The Morgan fingerprint density at radius 2 is 1.90 bits per heavy atom. The molecule has 3 N–H and O–H groups in total. The van der Waals surface area contributed by atoms with Crippen LogP contribution in [0.2, 0.25) is 10.0 Å². The molecule has 2 aromatic rings. The number of hydrogen-bond donors (Lipinski definition) is 2. The van der Waals surface area contributed by atoms with Gasteiger partial charge in [0.05, 0.1) is 10.7 Å². The summed E-state index contributed by atoms with van der Waals surface area (Å²) < 4.78 is 0. The lowest BCUT2D eigenvalue weighted by Crippen LogP contribution is -2.16. The van der Waals surface area contributed by atoms with Crippen molar-refractivity contribution in [2.45, 2.75) is 6.42 Å². The molecule has 0 aliphatic rings. The number of benzene rings is 2. The number of carbonyl (C=O) groups is 1. The maximum absolute atomic E-state index is 12.3. The predicted molar refractivity (Wildman–Crippen MR) is 83.6 cm³/mol. The largest absolute Gasteiger partial charge is 0.330 e. The number of halogens is 2. The smallest absolute Gasteiger partial charge is 0.255 e. The number of anilines is 1. The Hall–Kier alpha value is -1.55. The zero-order valence-electron chi connectivity index (χ0n) is 10.7. The fourth-order valence-electron chi connectivity index (χ4n) is 1.90. The number of amides is 1. The Bertz CT molecular complexity index is 629. The van der Waals surface area contributed by atoms with Gasteiger partial charge in [-0.05, 0) is 42.8 Å². The molecule has 0 atom stereocenters. The molecule has 0 radical (unpaired) electrons. The van der Waals surface area contributed by atoms with Crippen LogP contribution in [-0.2, 0) is 6.42 Å². The molecule has 0 aliphatic heterocycles. The third-order valence-electron chi connectivity index (χ3n) is 2.85. The van der Waals surface area contributed by atoms with Crippen LogP contribution in [0.3, 0.4) is 0 Å². The van der Waals surface area contributed by atoms with Gasteiger partial charge in [-0.15, -0.1) is 0 Å². The predicted octanol–water partition coefficient (Wildman–Crippen LogP) is 3.75. The Kier molecular flexibility index (Phi) is 5.01. The van der Waals surface area contributed by atoms with Crippen molar-refractivity contribution in [3.8, 4) is 0 Å². The topological polar surface area (TPSA) is 55.1 Å². The standard InChI is InChI=1S/C15H14Cl2N2O/c16-11-5-6-13(17)14(9-11)19-15(20)12-4-2-1-3-10(12)7-8-18/h1-6,9H,7-8,18H2,(H,19,20). The van der Waals surface area contributed by atoms with Gasteiger partial charge in [0.15, 0.2) is 0 Å². The average molecular weight is 309 g/mol. The SMILES string of the molecule is NCCc1ccccc1C(=O)Nc1cc(Cl)ccc1Cl. The summed E-state index contributed by atoms with van der Waals surface area (Å²) in [4.78, 5) is 12.3. The minimum Gasteiger partial charge on any atom is -0.330 e. The van der Waals surface area contributed by atoms with Crippen LogP contribution in [0, 0.1) is 0 Å². The zero-order chi connectivity index (χ0) is 14.5. The average Bonchev–Trinajstić information content (AvgIpc) is 2.44. The van der Waals surface area contributed by atoms with Gasteiger partial charge in [0.1, 0.15) is 0 Å². The van der Waals surface area contributed by atoms with Crippen molar-refractivity contribution in [3.63, 3.8) is 0 Å². The molecule has 1 amide bonds. The number of nitrogens with one attached hydrogen (secondary N) is 1. The van der Waals surface area contributed by atoms with E-state index in [1.807, 2.05) is 18.2 Å². The quantitative estimate of drug-likeness (QED) is 0.904. The van der Waals surface area contributed by atoms with Crippen LogP contribution >= 0.6 is 23.2 Å². The highest BCUT2D eigenvalue weighted by Gasteiger charge is 2.12. The molecule has 0 aromatic heterocycles. The van der Waals surface area contributed by atoms with E-state index in [0.29, 0.717) is 34.3 Å². The van der Waals surface area contributed by atoms with Crippen LogP contribution in [0.15, 0.2) is 42.5 Å². The molecule has 5 heteroatoms. The van der Waals surface area contributed by atoms with Gasteiger partial charge in [0, 0.05) is 10.6 Å². The van der Waals surface area contributed by atoms with Gasteiger partial charge in [-0.1, -0.05) is 41.4 Å². The highest BCUT2D eigenvalue weighted by Crippen LogP contribution is 2.26. The molecule has 0 fully saturated rings. The molecule has 2 aromatic carbocycles. The number of hydrogen-bond acceptors (Lipinski definition) is 2. The second kappa shape index (κ2) is 6.75. The van der Waals surface area contributed by atoms with E-state index in [1.165, 1.54) is 0 Å². The summed E-state index contributed by atoms with van der Waals surface area (Å²) in [5, 5.41) is 3.73. The summed E-state index contributed by atoms with van der Waals surface area (Å²) in [6.45, 7) is 0.488. The fourth-order valence-corrected chi connectivity index (χ4v) is 2.24. The molecule has 0 saturated heterocycles. The van der Waals surface area contributed by atoms with Gasteiger partial charge < -0.3 is 11.1 Å². The summed E-state index contributed by atoms with van der Waals surface area (Å²) >= 11 is 11.9. The van der Waals surface area contributed by atoms with E-state index < -0.39 is 0 Å². The summed E-state index contributed by atoms with van der Waals surface area (Å²) in [5.74, 6) is -0.224. The van der Waals surface area contributed by atoms with E-state index in [1.54, 1.807) is 24.3 Å². The van der Waals surface area contributed by atoms with E-state index in [-0.39, 0.29) is 5.91 Å². The molecule has 3 nitrogen and oxygen atoms in total. The van der Waals surface area contributed by atoms with Crippen LogP contribution in [0.4, 0.5) is 5.69 Å². The molecular weight excluding hydrogens is 295 g/mol. The van der Waals surface area contributed by atoms with Crippen molar-refractivity contribution in [2.75, 3.05) is 11.9 Å². The minimum atomic E-state index is -0.224. The molecule has 0 bridgehead atoms. The Labute approximate surface area is 127 Å². The van der Waals surface area contributed by atoms with E-state index in [4.69, 9.17) is 28.9 Å².